The van der Waals surface area contributed by atoms with Gasteiger partial charge in [0.05, 0.1) is 0 Å². The zero-order valence-corrected chi connectivity index (χ0v) is 13.4. The van der Waals surface area contributed by atoms with Gasteiger partial charge in [-0.2, -0.15) is 8.42 Å². The molecule has 9 heteroatoms. The van der Waals surface area contributed by atoms with E-state index in [4.69, 9.17) is 15.7 Å². The summed E-state index contributed by atoms with van der Waals surface area (Å²) < 4.78 is 29.7. The number of urea groups is 1. The first-order valence-electron chi connectivity index (χ1n) is 7.11. The van der Waals surface area contributed by atoms with Crippen molar-refractivity contribution in [2.75, 3.05) is 29.5 Å². The third kappa shape index (κ3) is 3.20. The minimum atomic E-state index is -4.03. The van der Waals surface area contributed by atoms with Crippen LogP contribution in [-0.4, -0.2) is 27.5 Å². The van der Waals surface area contributed by atoms with E-state index >= 15 is 0 Å². The van der Waals surface area contributed by atoms with Crippen molar-refractivity contribution in [3.63, 3.8) is 0 Å². The van der Waals surface area contributed by atoms with Crippen LogP contribution in [0.2, 0.25) is 0 Å². The molecule has 5 N–H and O–H groups in total. The average Bonchev–Trinajstić information content (AvgIpc) is 2.92. The first kappa shape index (κ1) is 15.9. The summed E-state index contributed by atoms with van der Waals surface area (Å²) in [6.45, 7) is 1.09. The number of nitrogens with one attached hydrogen (secondary N) is 1. The van der Waals surface area contributed by atoms with Crippen LogP contribution >= 0.6 is 0 Å². The van der Waals surface area contributed by atoms with Gasteiger partial charge in [0, 0.05) is 42.3 Å². The molecule has 1 aliphatic rings. The maximum atomic E-state index is 12.3. The van der Waals surface area contributed by atoms with Crippen molar-refractivity contribution in [3.05, 3.63) is 42.5 Å². The van der Waals surface area contributed by atoms with Crippen molar-refractivity contribution in [1.29, 1.82) is 0 Å². The Labute approximate surface area is 139 Å². The molecule has 0 radical (unpaired) electrons. The number of hydrogen-bond donors (Lipinski definition) is 3. The fourth-order valence-electron chi connectivity index (χ4n) is 2.38. The first-order valence-corrected chi connectivity index (χ1v) is 8.52. The van der Waals surface area contributed by atoms with Gasteiger partial charge in [0.2, 0.25) is 0 Å². The molecule has 1 fully saturated rings. The van der Waals surface area contributed by atoms with Gasteiger partial charge < -0.3 is 21.0 Å². The molecule has 0 aromatic heterocycles. The van der Waals surface area contributed by atoms with Gasteiger partial charge in [-0.15, -0.1) is 0 Å². The number of nitrogens with two attached hydrogens (primary N) is 2. The highest BCUT2D eigenvalue weighted by Crippen LogP contribution is 2.25. The highest BCUT2D eigenvalue weighted by Gasteiger charge is 2.22. The van der Waals surface area contributed by atoms with E-state index in [1.165, 1.54) is 35.2 Å². The molecular formula is C15H16N4O4S. The third-order valence-electron chi connectivity index (χ3n) is 3.45. The fraction of sp³-hybridized carbons (Fsp3) is 0.133. The second-order valence-corrected chi connectivity index (χ2v) is 6.80. The van der Waals surface area contributed by atoms with Crippen LogP contribution in [-0.2, 0) is 10.1 Å². The van der Waals surface area contributed by atoms with Crippen molar-refractivity contribution in [1.82, 2.24) is 5.32 Å². The largest absolute Gasteiger partial charge is 0.399 e. The molecule has 0 unspecified atom stereocenters. The molecule has 1 saturated heterocycles. The SMILES string of the molecule is Nc1cc(N)cc(OS(=O)(=O)c2ccc(N3CCNC3=O)cc2)c1. The minimum Gasteiger partial charge on any atom is -0.399 e. The van der Waals surface area contributed by atoms with Crippen LogP contribution in [0.15, 0.2) is 47.4 Å². The van der Waals surface area contributed by atoms with E-state index in [2.05, 4.69) is 5.32 Å². The lowest BCUT2D eigenvalue weighted by Gasteiger charge is -2.14. The summed E-state index contributed by atoms with van der Waals surface area (Å²) in [5.41, 5.74) is 12.5. The molecule has 0 bridgehead atoms. The van der Waals surface area contributed by atoms with Gasteiger partial charge in [-0.1, -0.05) is 0 Å². The maximum absolute atomic E-state index is 12.3. The van der Waals surface area contributed by atoms with Crippen LogP contribution in [0.1, 0.15) is 0 Å². The Hall–Kier alpha value is -2.94. The van der Waals surface area contributed by atoms with Crippen molar-refractivity contribution >= 4 is 33.2 Å². The van der Waals surface area contributed by atoms with E-state index in [0.717, 1.165) is 0 Å². The number of amides is 2. The molecule has 2 aromatic rings. The number of anilines is 3. The minimum absolute atomic E-state index is 0.0353. The van der Waals surface area contributed by atoms with Crippen LogP contribution in [0.4, 0.5) is 21.9 Å². The topological polar surface area (TPSA) is 128 Å². The van der Waals surface area contributed by atoms with Crippen LogP contribution in [0.3, 0.4) is 0 Å². The number of nitrogens with zero attached hydrogens (tertiary/aromatic N) is 1. The monoisotopic (exact) mass is 348 g/mol. The normalized spacial score (nSPS) is 14.5. The second-order valence-electron chi connectivity index (χ2n) is 5.25. The van der Waals surface area contributed by atoms with E-state index in [1.807, 2.05) is 0 Å². The quantitative estimate of drug-likeness (QED) is 0.562. The zero-order chi connectivity index (χ0) is 17.3. The molecule has 3 rings (SSSR count). The maximum Gasteiger partial charge on any atom is 0.339 e. The van der Waals surface area contributed by atoms with E-state index in [1.54, 1.807) is 12.1 Å². The molecule has 24 heavy (non-hydrogen) atoms. The molecule has 0 atom stereocenters. The van der Waals surface area contributed by atoms with E-state index < -0.39 is 10.1 Å². The lowest BCUT2D eigenvalue weighted by Crippen LogP contribution is -2.27. The Morgan fingerprint density at radius 3 is 2.21 bits per heavy atom. The van der Waals surface area contributed by atoms with Gasteiger partial charge in [0.1, 0.15) is 10.6 Å². The molecule has 1 heterocycles. The summed E-state index contributed by atoms with van der Waals surface area (Å²) in [7, 11) is -4.03. The van der Waals surface area contributed by atoms with Gasteiger partial charge in [0.15, 0.2) is 0 Å². The molecule has 2 aromatic carbocycles. The standard InChI is InChI=1S/C15H16N4O4S/c16-10-7-11(17)9-13(8-10)23-24(21,22)14-3-1-12(2-4-14)19-6-5-18-15(19)20/h1-4,7-9H,5-6,16-17H2,(H,18,20). The molecule has 8 nitrogen and oxygen atoms in total. The predicted octanol–water partition coefficient (Wildman–Crippen LogP) is 1.15. The van der Waals surface area contributed by atoms with Gasteiger partial charge in [-0.3, -0.25) is 4.90 Å². The summed E-state index contributed by atoms with van der Waals surface area (Å²) in [4.78, 5) is 13.1. The molecule has 126 valence electrons. The van der Waals surface area contributed by atoms with Crippen LogP contribution < -0.4 is 25.9 Å². The van der Waals surface area contributed by atoms with Crippen molar-refractivity contribution in [2.45, 2.75) is 4.90 Å². The van der Waals surface area contributed by atoms with E-state index in [9.17, 15) is 13.2 Å². The molecule has 2 amide bonds. The Morgan fingerprint density at radius 1 is 1.04 bits per heavy atom. The molecule has 0 spiro atoms. The zero-order valence-electron chi connectivity index (χ0n) is 12.6. The average molecular weight is 348 g/mol. The summed E-state index contributed by atoms with van der Waals surface area (Å²) >= 11 is 0. The molecule has 0 saturated carbocycles. The van der Waals surface area contributed by atoms with Crippen molar-refractivity contribution in [3.8, 4) is 5.75 Å². The van der Waals surface area contributed by atoms with Gasteiger partial charge in [-0.25, -0.2) is 4.79 Å². The number of benzene rings is 2. The number of rotatable bonds is 4. The lowest BCUT2D eigenvalue weighted by molar-refractivity contribution is 0.252. The molecule has 0 aliphatic carbocycles. The first-order chi connectivity index (χ1) is 11.3. The highest BCUT2D eigenvalue weighted by molar-refractivity contribution is 7.87. The van der Waals surface area contributed by atoms with Gasteiger partial charge in [0.25, 0.3) is 0 Å². The second kappa shape index (κ2) is 5.93. The summed E-state index contributed by atoms with van der Waals surface area (Å²) in [6, 6.07) is 9.89. The number of hydrogen-bond acceptors (Lipinski definition) is 6. The Kier molecular flexibility index (Phi) is 3.94. The van der Waals surface area contributed by atoms with Crippen molar-refractivity contribution in [2.24, 2.45) is 0 Å². The van der Waals surface area contributed by atoms with Crippen LogP contribution in [0.25, 0.3) is 0 Å². The van der Waals surface area contributed by atoms with Crippen molar-refractivity contribution < 1.29 is 17.4 Å². The van der Waals surface area contributed by atoms with Gasteiger partial charge in [-0.05, 0) is 30.3 Å². The Balaban J connectivity index is 1.83. The number of carbonyl (C=O) groups is 1. The van der Waals surface area contributed by atoms with E-state index in [-0.39, 0.29) is 16.7 Å². The summed E-state index contributed by atoms with van der Waals surface area (Å²) in [5, 5.41) is 2.68. The smallest absolute Gasteiger partial charge is 0.339 e. The fourth-order valence-corrected chi connectivity index (χ4v) is 3.29. The predicted molar refractivity (Wildman–Crippen MR) is 90.3 cm³/mol. The number of nitrogen functional groups attached to an aromatic ring is 2. The van der Waals surface area contributed by atoms with Crippen LogP contribution in [0.5, 0.6) is 5.75 Å². The van der Waals surface area contributed by atoms with Gasteiger partial charge >= 0.3 is 16.1 Å². The molecule has 1 aliphatic heterocycles. The Morgan fingerprint density at radius 2 is 1.67 bits per heavy atom. The molecular weight excluding hydrogens is 332 g/mol. The third-order valence-corrected chi connectivity index (χ3v) is 4.71. The van der Waals surface area contributed by atoms with E-state index in [0.29, 0.717) is 30.2 Å². The number of carbonyl (C=O) groups excluding carboxylic acids is 1. The van der Waals surface area contributed by atoms with Crippen LogP contribution in [0, 0.1) is 0 Å². The lowest BCUT2D eigenvalue weighted by atomic mass is 10.3. The highest BCUT2D eigenvalue weighted by atomic mass is 32.2. The Bertz CT molecular complexity index is 861. The summed E-state index contributed by atoms with van der Waals surface area (Å²) in [5.74, 6) is 0.0375. The summed E-state index contributed by atoms with van der Waals surface area (Å²) in [6.07, 6.45) is 0.